The molecule has 42 heavy (non-hydrogen) atoms. The summed E-state index contributed by atoms with van der Waals surface area (Å²) in [7, 11) is 0. The third-order valence-corrected chi connectivity index (χ3v) is 6.66. The van der Waals surface area contributed by atoms with Gasteiger partial charge in [0.15, 0.2) is 0 Å². The number of halogens is 6. The lowest BCUT2D eigenvalue weighted by Crippen LogP contribution is -2.12. The second-order valence-corrected chi connectivity index (χ2v) is 9.20. The molecule has 0 saturated carbocycles. The Morgan fingerprint density at radius 1 is 0.524 bits per heavy atom. The van der Waals surface area contributed by atoms with Crippen LogP contribution in [-0.4, -0.2) is 0 Å². The van der Waals surface area contributed by atoms with Crippen LogP contribution in [0.15, 0.2) is 84.9 Å². The maximum Gasteiger partial charge on any atom is 0.416 e. The lowest BCUT2D eigenvalue weighted by atomic mass is 9.79. The summed E-state index contributed by atoms with van der Waals surface area (Å²) in [6.45, 7) is 0. The molecule has 0 radical (unpaired) electrons. The van der Waals surface area contributed by atoms with Gasteiger partial charge in [-0.2, -0.15) is 47.4 Å². The van der Waals surface area contributed by atoms with Crippen LogP contribution in [-0.2, 0) is 12.4 Å². The van der Waals surface area contributed by atoms with Crippen LogP contribution in [0.25, 0.3) is 22.3 Å². The molecule has 4 rings (SSSR count). The van der Waals surface area contributed by atoms with Crippen LogP contribution < -0.4 is 0 Å². The first-order valence-corrected chi connectivity index (χ1v) is 12.1. The molecule has 206 valence electrons. The highest BCUT2D eigenvalue weighted by atomic mass is 19.4. The predicted octanol–water partition coefficient (Wildman–Crippen LogP) is 8.60. The van der Waals surface area contributed by atoms with Crippen LogP contribution in [0.4, 0.5) is 26.3 Å². The van der Waals surface area contributed by atoms with Gasteiger partial charge in [0.25, 0.3) is 0 Å². The van der Waals surface area contributed by atoms with Crippen molar-refractivity contribution in [2.75, 3.05) is 0 Å². The van der Waals surface area contributed by atoms with Crippen molar-refractivity contribution in [1.82, 2.24) is 0 Å². The van der Waals surface area contributed by atoms with Crippen LogP contribution in [0.2, 0.25) is 0 Å². The second kappa shape index (κ2) is 11.5. The van der Waals surface area contributed by atoms with Crippen LogP contribution >= 0.6 is 0 Å². The lowest BCUT2D eigenvalue weighted by Gasteiger charge is -2.21. The molecule has 0 aromatic heterocycles. The molecule has 0 N–H and O–H groups in total. The van der Waals surface area contributed by atoms with E-state index in [2.05, 4.69) is 0 Å². The van der Waals surface area contributed by atoms with E-state index in [0.717, 1.165) is 24.3 Å². The van der Waals surface area contributed by atoms with Gasteiger partial charge in [0.1, 0.15) is 5.92 Å². The molecular weight excluding hydrogens is 554 g/mol. The third kappa shape index (κ3) is 5.94. The van der Waals surface area contributed by atoms with Crippen molar-refractivity contribution in [2.45, 2.75) is 18.3 Å². The number of benzene rings is 4. The Morgan fingerprint density at radius 3 is 1.26 bits per heavy atom. The minimum Gasteiger partial charge on any atom is -0.197 e. The Bertz CT molecular complexity index is 1700. The summed E-state index contributed by atoms with van der Waals surface area (Å²) in [5, 5.41) is 39.1. The van der Waals surface area contributed by atoms with E-state index in [1.807, 2.05) is 24.3 Å². The molecule has 4 aromatic carbocycles. The predicted molar refractivity (Wildman–Crippen MR) is 140 cm³/mol. The van der Waals surface area contributed by atoms with E-state index >= 15 is 0 Å². The Morgan fingerprint density at radius 2 is 0.929 bits per heavy atom. The molecule has 0 spiro atoms. The lowest BCUT2D eigenvalue weighted by molar-refractivity contribution is -0.138. The van der Waals surface area contributed by atoms with Gasteiger partial charge in [0.2, 0.25) is 0 Å². The first kappa shape index (κ1) is 29.4. The summed E-state index contributed by atoms with van der Waals surface area (Å²) < 4.78 is 79.6. The van der Waals surface area contributed by atoms with E-state index in [0.29, 0.717) is 11.1 Å². The highest BCUT2D eigenvalue weighted by Gasteiger charge is 2.32. The first-order valence-electron chi connectivity index (χ1n) is 12.1. The van der Waals surface area contributed by atoms with Crippen LogP contribution in [0.3, 0.4) is 0 Å². The topological polar surface area (TPSA) is 95.2 Å². The molecule has 0 unspecified atom stereocenters. The number of nitriles is 4. The summed E-state index contributed by atoms with van der Waals surface area (Å²) in [6, 6.07) is 25.1. The molecule has 0 fully saturated rings. The Labute approximate surface area is 236 Å². The van der Waals surface area contributed by atoms with Crippen LogP contribution in [0, 0.1) is 51.2 Å². The Kier molecular flexibility index (Phi) is 8.05. The summed E-state index contributed by atoms with van der Waals surface area (Å²) in [6.07, 6.45) is -9.20. The summed E-state index contributed by atoms with van der Waals surface area (Å²) in [5.41, 5.74) is -0.507. The summed E-state index contributed by atoms with van der Waals surface area (Å²) in [4.78, 5) is 0. The van der Waals surface area contributed by atoms with Crippen molar-refractivity contribution in [2.24, 2.45) is 5.92 Å². The van der Waals surface area contributed by atoms with Gasteiger partial charge in [0, 0.05) is 5.92 Å². The smallest absolute Gasteiger partial charge is 0.197 e. The monoisotopic (exact) mass is 570 g/mol. The molecule has 0 atom stereocenters. The molecule has 4 aromatic rings. The maximum absolute atomic E-state index is 13.3. The second-order valence-electron chi connectivity index (χ2n) is 9.20. The molecule has 10 heteroatoms. The largest absolute Gasteiger partial charge is 0.416 e. The fraction of sp³-hybridized carbons (Fsp3) is 0.125. The normalized spacial score (nSPS) is 11.4. The molecule has 0 aliphatic rings. The zero-order valence-corrected chi connectivity index (χ0v) is 21.3. The Hall–Kier alpha value is -5.58. The van der Waals surface area contributed by atoms with E-state index in [1.165, 1.54) is 60.7 Å². The van der Waals surface area contributed by atoms with Crippen molar-refractivity contribution in [3.63, 3.8) is 0 Å². The average Bonchev–Trinajstić information content (AvgIpc) is 2.98. The van der Waals surface area contributed by atoms with Gasteiger partial charge in [-0.05, 0) is 69.8 Å². The van der Waals surface area contributed by atoms with Crippen molar-refractivity contribution in [3.05, 3.63) is 118 Å². The van der Waals surface area contributed by atoms with Crippen molar-refractivity contribution < 1.29 is 26.3 Å². The van der Waals surface area contributed by atoms with E-state index in [9.17, 15) is 47.4 Å². The standard InChI is InChI=1S/C32H16F6N4/c33-31(34,35)26-5-1-3-19(13-26)28-9-7-21(11-23(28)15-39)30(25(17-41)18-42)22-8-10-29(24(12-22)16-40)20-4-2-6-27(14-20)32(36,37)38/h1-14,25,30H. The number of nitrogens with zero attached hydrogens (tertiary/aromatic N) is 4. The van der Waals surface area contributed by atoms with Gasteiger partial charge in [-0.3, -0.25) is 0 Å². The van der Waals surface area contributed by atoms with Crippen LogP contribution in [0.1, 0.15) is 39.3 Å². The maximum atomic E-state index is 13.3. The number of hydrogen-bond acceptors (Lipinski definition) is 4. The van der Waals surface area contributed by atoms with E-state index in [4.69, 9.17) is 0 Å². The highest BCUT2D eigenvalue weighted by molar-refractivity contribution is 5.73. The molecule has 0 heterocycles. The van der Waals surface area contributed by atoms with Gasteiger partial charge in [-0.25, -0.2) is 0 Å². The summed E-state index contributed by atoms with van der Waals surface area (Å²) in [5.74, 6) is -2.30. The average molecular weight is 570 g/mol. The minimum absolute atomic E-state index is 0.00690. The van der Waals surface area contributed by atoms with Crippen molar-refractivity contribution in [1.29, 1.82) is 21.0 Å². The van der Waals surface area contributed by atoms with Crippen LogP contribution in [0.5, 0.6) is 0 Å². The molecular formula is C32H16F6N4. The van der Waals surface area contributed by atoms with Gasteiger partial charge >= 0.3 is 12.4 Å². The quantitative estimate of drug-likeness (QED) is 0.225. The zero-order valence-electron chi connectivity index (χ0n) is 21.3. The highest BCUT2D eigenvalue weighted by Crippen LogP contribution is 2.39. The van der Waals surface area contributed by atoms with E-state index in [-0.39, 0.29) is 33.4 Å². The number of alkyl halides is 6. The van der Waals surface area contributed by atoms with Gasteiger partial charge < -0.3 is 0 Å². The van der Waals surface area contributed by atoms with Crippen molar-refractivity contribution >= 4 is 0 Å². The summed E-state index contributed by atoms with van der Waals surface area (Å²) >= 11 is 0. The third-order valence-electron chi connectivity index (χ3n) is 6.66. The minimum atomic E-state index is -4.60. The molecule has 0 amide bonds. The van der Waals surface area contributed by atoms with E-state index in [1.54, 1.807) is 0 Å². The number of rotatable bonds is 5. The van der Waals surface area contributed by atoms with Gasteiger partial charge in [0.05, 0.1) is 46.5 Å². The van der Waals surface area contributed by atoms with Crippen molar-refractivity contribution in [3.8, 4) is 46.5 Å². The fourth-order valence-corrected chi connectivity index (χ4v) is 4.68. The van der Waals surface area contributed by atoms with E-state index < -0.39 is 35.3 Å². The zero-order chi connectivity index (χ0) is 30.7. The SMILES string of the molecule is N#Cc1cc(C(c2ccc(-c3cccc(C(F)(F)F)c3)c(C#N)c2)C(C#N)C#N)ccc1-c1cccc(C(F)(F)F)c1. The molecule has 0 saturated heterocycles. The molecule has 4 nitrogen and oxygen atoms in total. The molecule has 0 aliphatic carbocycles. The molecule has 0 bridgehead atoms. The Balaban J connectivity index is 1.83. The first-order chi connectivity index (χ1) is 19.9. The van der Waals surface area contributed by atoms with Gasteiger partial charge in [-0.15, -0.1) is 0 Å². The molecule has 0 aliphatic heterocycles. The number of hydrogen-bond donors (Lipinski definition) is 0. The van der Waals surface area contributed by atoms with Gasteiger partial charge in [-0.1, -0.05) is 48.5 Å². The fourth-order valence-electron chi connectivity index (χ4n) is 4.68.